The minimum Gasteiger partial charge on any atom is -0.326 e. The first kappa shape index (κ1) is 16.0. The Morgan fingerprint density at radius 1 is 1.45 bits per heavy atom. The van der Waals surface area contributed by atoms with Crippen LogP contribution >= 0.6 is 11.6 Å². The van der Waals surface area contributed by atoms with Crippen molar-refractivity contribution in [2.24, 2.45) is 0 Å². The van der Waals surface area contributed by atoms with Gasteiger partial charge in [0.2, 0.25) is 5.91 Å². The van der Waals surface area contributed by atoms with Crippen molar-refractivity contribution >= 4 is 28.9 Å². The van der Waals surface area contributed by atoms with Gasteiger partial charge in [-0.3, -0.25) is 19.6 Å². The number of aryl methyl sites for hydroxylation is 3. The fraction of sp³-hybridized carbons (Fsp3) is 0.286. The first-order valence-electron chi connectivity index (χ1n) is 6.61. The Hall–Kier alpha value is -2.41. The molecule has 0 radical (unpaired) electrons. The average molecular weight is 323 g/mol. The smallest absolute Gasteiger partial charge is 0.309 e. The van der Waals surface area contributed by atoms with Crippen molar-refractivity contribution in [2.45, 2.75) is 26.8 Å². The van der Waals surface area contributed by atoms with Crippen molar-refractivity contribution in [3.63, 3.8) is 0 Å². The van der Waals surface area contributed by atoms with Gasteiger partial charge in [0.25, 0.3) is 0 Å². The number of nitrogens with one attached hydrogen (secondary N) is 1. The molecule has 0 fully saturated rings. The van der Waals surface area contributed by atoms with E-state index in [9.17, 15) is 14.9 Å². The van der Waals surface area contributed by atoms with E-state index < -0.39 is 4.92 Å². The Kier molecular flexibility index (Phi) is 4.77. The van der Waals surface area contributed by atoms with Crippen LogP contribution in [0.2, 0.25) is 5.02 Å². The number of anilines is 1. The molecule has 1 heterocycles. The third-order valence-corrected chi connectivity index (χ3v) is 3.39. The predicted molar refractivity (Wildman–Crippen MR) is 83.1 cm³/mol. The summed E-state index contributed by atoms with van der Waals surface area (Å²) in [6.07, 6.45) is 1.48. The summed E-state index contributed by atoms with van der Waals surface area (Å²) >= 11 is 5.89. The SMILES string of the molecule is Cc1ccc(Cl)cc1NC(=O)CCn1cc([N+](=O)[O-])c(C)n1. The average Bonchev–Trinajstić information content (AvgIpc) is 2.82. The quantitative estimate of drug-likeness (QED) is 0.676. The highest BCUT2D eigenvalue weighted by molar-refractivity contribution is 6.31. The number of hydrogen-bond acceptors (Lipinski definition) is 4. The maximum absolute atomic E-state index is 11.9. The number of rotatable bonds is 5. The lowest BCUT2D eigenvalue weighted by Gasteiger charge is -2.08. The van der Waals surface area contributed by atoms with Crippen LogP contribution in [0.15, 0.2) is 24.4 Å². The van der Waals surface area contributed by atoms with Gasteiger partial charge in [-0.2, -0.15) is 5.10 Å². The molecule has 0 atom stereocenters. The Labute approximate surface area is 132 Å². The normalized spacial score (nSPS) is 10.5. The van der Waals surface area contributed by atoms with Crippen LogP contribution in [0.4, 0.5) is 11.4 Å². The summed E-state index contributed by atoms with van der Waals surface area (Å²) < 4.78 is 1.40. The highest BCUT2D eigenvalue weighted by Gasteiger charge is 2.15. The molecule has 1 amide bonds. The number of amides is 1. The number of benzene rings is 1. The van der Waals surface area contributed by atoms with Crippen molar-refractivity contribution in [1.82, 2.24) is 9.78 Å². The number of nitro groups is 1. The fourth-order valence-corrected chi connectivity index (χ4v) is 2.13. The molecule has 1 aromatic carbocycles. The Morgan fingerprint density at radius 3 is 2.82 bits per heavy atom. The molecule has 1 N–H and O–H groups in total. The third-order valence-electron chi connectivity index (χ3n) is 3.16. The zero-order valence-corrected chi connectivity index (χ0v) is 12.9. The van der Waals surface area contributed by atoms with Crippen LogP contribution in [-0.4, -0.2) is 20.6 Å². The Bertz CT molecular complexity index is 727. The second-order valence-electron chi connectivity index (χ2n) is 4.88. The molecule has 0 saturated carbocycles. The van der Waals surface area contributed by atoms with E-state index in [1.807, 2.05) is 13.0 Å². The molecule has 0 saturated heterocycles. The molecular formula is C14H15ClN4O3. The Morgan fingerprint density at radius 2 is 2.18 bits per heavy atom. The highest BCUT2D eigenvalue weighted by Crippen LogP contribution is 2.20. The Balaban J connectivity index is 1.97. The van der Waals surface area contributed by atoms with Gasteiger partial charge in [-0.25, -0.2) is 0 Å². The number of nitrogens with zero attached hydrogens (tertiary/aromatic N) is 3. The van der Waals surface area contributed by atoms with Crippen molar-refractivity contribution < 1.29 is 9.72 Å². The van der Waals surface area contributed by atoms with Crippen molar-refractivity contribution in [1.29, 1.82) is 0 Å². The lowest BCUT2D eigenvalue weighted by Crippen LogP contribution is -2.15. The molecular weight excluding hydrogens is 308 g/mol. The third kappa shape index (κ3) is 3.82. The number of carbonyl (C=O) groups excluding carboxylic acids is 1. The van der Waals surface area contributed by atoms with Crippen molar-refractivity contribution in [2.75, 3.05) is 5.32 Å². The summed E-state index contributed by atoms with van der Waals surface area (Å²) in [6, 6.07) is 5.24. The van der Waals surface area contributed by atoms with Gasteiger partial charge in [0.1, 0.15) is 11.9 Å². The minimum absolute atomic E-state index is 0.0499. The van der Waals surface area contributed by atoms with Crippen molar-refractivity contribution in [3.05, 3.63) is 50.8 Å². The summed E-state index contributed by atoms with van der Waals surface area (Å²) in [5.41, 5.74) is 1.84. The van der Waals surface area contributed by atoms with Crippen LogP contribution in [0, 0.1) is 24.0 Å². The van der Waals surface area contributed by atoms with E-state index in [0.717, 1.165) is 5.56 Å². The molecule has 116 valence electrons. The summed E-state index contributed by atoms with van der Waals surface area (Å²) in [5.74, 6) is -0.207. The van der Waals surface area contributed by atoms with Gasteiger partial charge in [-0.15, -0.1) is 0 Å². The summed E-state index contributed by atoms with van der Waals surface area (Å²) in [6.45, 7) is 3.69. The molecule has 0 aliphatic rings. The van der Waals surface area contributed by atoms with E-state index in [0.29, 0.717) is 16.4 Å². The largest absolute Gasteiger partial charge is 0.326 e. The van der Waals surface area contributed by atoms with E-state index in [4.69, 9.17) is 11.6 Å². The monoisotopic (exact) mass is 322 g/mol. The zero-order chi connectivity index (χ0) is 16.3. The van der Waals surface area contributed by atoms with Crippen LogP contribution in [-0.2, 0) is 11.3 Å². The maximum atomic E-state index is 11.9. The molecule has 2 rings (SSSR count). The molecule has 22 heavy (non-hydrogen) atoms. The highest BCUT2D eigenvalue weighted by atomic mass is 35.5. The summed E-state index contributed by atoms with van der Waals surface area (Å²) in [7, 11) is 0. The second-order valence-corrected chi connectivity index (χ2v) is 5.31. The van der Waals surface area contributed by atoms with Gasteiger partial charge in [-0.1, -0.05) is 17.7 Å². The molecule has 0 unspecified atom stereocenters. The molecule has 0 bridgehead atoms. The molecule has 1 aromatic heterocycles. The number of carbonyl (C=O) groups is 1. The molecule has 0 aliphatic carbocycles. The predicted octanol–water partition coefficient (Wildman–Crippen LogP) is 3.09. The lowest BCUT2D eigenvalue weighted by atomic mass is 10.2. The van der Waals surface area contributed by atoms with Gasteiger partial charge in [-0.05, 0) is 31.5 Å². The van der Waals surface area contributed by atoms with Crippen LogP contribution < -0.4 is 5.32 Å². The van der Waals surface area contributed by atoms with E-state index in [1.54, 1.807) is 19.1 Å². The van der Waals surface area contributed by atoms with Gasteiger partial charge >= 0.3 is 5.69 Å². The van der Waals surface area contributed by atoms with Gasteiger partial charge in [0.15, 0.2) is 0 Å². The standard InChI is InChI=1S/C14H15ClN4O3/c1-9-3-4-11(15)7-12(9)16-14(20)5-6-18-8-13(19(21)22)10(2)17-18/h3-4,7-8H,5-6H2,1-2H3,(H,16,20). The topological polar surface area (TPSA) is 90.1 Å². The van der Waals surface area contributed by atoms with Gasteiger partial charge in [0.05, 0.1) is 4.92 Å². The van der Waals surface area contributed by atoms with Crippen molar-refractivity contribution in [3.8, 4) is 0 Å². The molecule has 0 aliphatic heterocycles. The first-order valence-corrected chi connectivity index (χ1v) is 6.99. The maximum Gasteiger partial charge on any atom is 0.309 e. The van der Waals surface area contributed by atoms with E-state index >= 15 is 0 Å². The fourth-order valence-electron chi connectivity index (χ4n) is 1.96. The number of hydrogen-bond donors (Lipinski definition) is 1. The number of aromatic nitrogens is 2. The van der Waals surface area contributed by atoms with Crippen LogP contribution in [0.1, 0.15) is 17.7 Å². The zero-order valence-electron chi connectivity index (χ0n) is 12.2. The van der Waals surface area contributed by atoms with Crippen LogP contribution in [0.25, 0.3) is 0 Å². The minimum atomic E-state index is -0.492. The molecule has 8 heteroatoms. The van der Waals surface area contributed by atoms with E-state index in [1.165, 1.54) is 10.9 Å². The number of halogens is 1. The molecule has 2 aromatic rings. The van der Waals surface area contributed by atoms with Crippen LogP contribution in [0.5, 0.6) is 0 Å². The van der Waals surface area contributed by atoms with Crippen LogP contribution in [0.3, 0.4) is 0 Å². The van der Waals surface area contributed by atoms with E-state index in [2.05, 4.69) is 10.4 Å². The van der Waals surface area contributed by atoms with Gasteiger partial charge < -0.3 is 5.32 Å². The second kappa shape index (κ2) is 6.57. The molecule has 0 spiro atoms. The lowest BCUT2D eigenvalue weighted by molar-refractivity contribution is -0.385. The summed E-state index contributed by atoms with van der Waals surface area (Å²) in [5, 5.41) is 18.1. The van der Waals surface area contributed by atoms with Gasteiger partial charge in [0, 0.05) is 23.7 Å². The summed E-state index contributed by atoms with van der Waals surface area (Å²) in [4.78, 5) is 22.2. The molecule has 7 nitrogen and oxygen atoms in total. The van der Waals surface area contributed by atoms with E-state index in [-0.39, 0.29) is 24.6 Å². The first-order chi connectivity index (χ1) is 10.4.